The molecule has 3 aromatic rings. The van der Waals surface area contributed by atoms with E-state index in [1.165, 1.54) is 17.8 Å². The molecule has 0 atom stereocenters. The summed E-state index contributed by atoms with van der Waals surface area (Å²) in [5.41, 5.74) is 2.23. The van der Waals surface area contributed by atoms with Crippen molar-refractivity contribution in [1.82, 2.24) is 10.3 Å². The molecule has 0 saturated heterocycles. The zero-order valence-corrected chi connectivity index (χ0v) is 15.9. The third kappa shape index (κ3) is 4.76. The predicted octanol–water partition coefficient (Wildman–Crippen LogP) is 3.60. The van der Waals surface area contributed by atoms with Gasteiger partial charge in [-0.15, -0.1) is 16.6 Å². The number of nitrogens with one attached hydrogen (secondary N) is 2. The van der Waals surface area contributed by atoms with Crippen LogP contribution in [0.2, 0.25) is 5.02 Å². The van der Waals surface area contributed by atoms with Crippen LogP contribution in [-0.4, -0.2) is 20.1 Å². The Morgan fingerprint density at radius 3 is 2.38 bits per heavy atom. The molecule has 0 spiro atoms. The number of hydrogen-bond acceptors (Lipinski definition) is 4. The van der Waals surface area contributed by atoms with Crippen LogP contribution in [0, 0.1) is 0 Å². The average molecular weight is 407 g/mol. The quantitative estimate of drug-likeness (QED) is 0.484. The van der Waals surface area contributed by atoms with Gasteiger partial charge in [-0.3, -0.25) is 10.2 Å². The molecule has 2 N–H and O–H groups in total. The second-order valence-electron chi connectivity index (χ2n) is 5.41. The second-order valence-corrected chi connectivity index (χ2v) is 8.57. The van der Waals surface area contributed by atoms with Crippen LogP contribution in [-0.2, 0) is 14.8 Å². The number of fused-ring (bicyclic) bond motifs is 1. The number of carbonyl (C=O) groups is 1. The van der Waals surface area contributed by atoms with E-state index in [-0.39, 0.29) is 10.6 Å². The molecule has 0 aliphatic heterocycles. The van der Waals surface area contributed by atoms with E-state index in [9.17, 15) is 13.2 Å². The Labute approximate surface area is 160 Å². The highest BCUT2D eigenvalue weighted by Gasteiger charge is 2.15. The van der Waals surface area contributed by atoms with Crippen molar-refractivity contribution in [3.63, 3.8) is 0 Å². The third-order valence-electron chi connectivity index (χ3n) is 3.54. The van der Waals surface area contributed by atoms with Gasteiger partial charge < -0.3 is 0 Å². The number of hydrogen-bond donors (Lipinski definition) is 2. The Morgan fingerprint density at radius 2 is 1.65 bits per heavy atom. The molecular formula is C18H15ClN2O3S2. The maximum atomic E-state index is 12.3. The number of halogens is 1. The first-order chi connectivity index (χ1) is 12.4. The first kappa shape index (κ1) is 18.7. The summed E-state index contributed by atoms with van der Waals surface area (Å²) in [5, 5.41) is 2.36. The molecule has 0 aliphatic carbocycles. The van der Waals surface area contributed by atoms with Gasteiger partial charge in [0.05, 0.1) is 10.6 Å². The maximum absolute atomic E-state index is 12.3. The Bertz CT molecular complexity index is 1040. The zero-order chi connectivity index (χ0) is 18.6. The van der Waals surface area contributed by atoms with Crippen molar-refractivity contribution >= 4 is 50.1 Å². The standard InChI is InChI=1S/C18H15ClN2O3S2/c19-15-6-8-16(9-7-15)25-12-18(22)20-21-26(23,24)17-10-5-13-3-1-2-4-14(13)11-17/h1-11,21H,12H2,(H,20,22). The number of hydrazine groups is 1. The van der Waals surface area contributed by atoms with Gasteiger partial charge in [0.25, 0.3) is 10.0 Å². The van der Waals surface area contributed by atoms with Gasteiger partial charge in [0.2, 0.25) is 5.91 Å². The van der Waals surface area contributed by atoms with Gasteiger partial charge in [-0.05, 0) is 47.2 Å². The fraction of sp³-hybridized carbons (Fsp3) is 0.0556. The van der Waals surface area contributed by atoms with Crippen molar-refractivity contribution in [1.29, 1.82) is 0 Å². The van der Waals surface area contributed by atoms with Crippen LogP contribution in [0.15, 0.2) is 76.5 Å². The lowest BCUT2D eigenvalue weighted by molar-refractivity contribution is -0.119. The molecule has 0 bridgehead atoms. The summed E-state index contributed by atoms with van der Waals surface area (Å²) < 4.78 is 24.7. The molecule has 8 heteroatoms. The van der Waals surface area contributed by atoms with E-state index >= 15 is 0 Å². The molecule has 0 aliphatic rings. The van der Waals surface area contributed by atoms with E-state index in [1.807, 2.05) is 24.3 Å². The first-order valence-electron chi connectivity index (χ1n) is 7.62. The van der Waals surface area contributed by atoms with Crippen molar-refractivity contribution in [2.24, 2.45) is 0 Å². The molecule has 1 amide bonds. The summed E-state index contributed by atoms with van der Waals surface area (Å²) in [6.45, 7) is 0. The van der Waals surface area contributed by atoms with Crippen molar-refractivity contribution in [3.8, 4) is 0 Å². The van der Waals surface area contributed by atoms with Crippen LogP contribution in [0.3, 0.4) is 0 Å². The number of benzene rings is 3. The molecule has 5 nitrogen and oxygen atoms in total. The molecule has 0 aromatic heterocycles. The lowest BCUT2D eigenvalue weighted by atomic mass is 10.1. The van der Waals surface area contributed by atoms with Crippen LogP contribution < -0.4 is 10.3 Å². The molecule has 0 saturated carbocycles. The van der Waals surface area contributed by atoms with Gasteiger partial charge in [-0.25, -0.2) is 8.42 Å². The summed E-state index contributed by atoms with van der Waals surface area (Å²) in [5.74, 6) is -0.378. The van der Waals surface area contributed by atoms with E-state index in [4.69, 9.17) is 11.6 Å². The summed E-state index contributed by atoms with van der Waals surface area (Å²) >= 11 is 7.08. The number of amides is 1. The van der Waals surface area contributed by atoms with Crippen LogP contribution >= 0.6 is 23.4 Å². The van der Waals surface area contributed by atoms with Crippen molar-refractivity contribution in [2.75, 3.05) is 5.75 Å². The van der Waals surface area contributed by atoms with Crippen molar-refractivity contribution in [2.45, 2.75) is 9.79 Å². The molecule has 0 radical (unpaired) electrons. The fourth-order valence-corrected chi connectivity index (χ4v) is 3.95. The number of thioether (sulfide) groups is 1. The first-order valence-corrected chi connectivity index (χ1v) is 10.5. The highest BCUT2D eigenvalue weighted by molar-refractivity contribution is 8.00. The number of carbonyl (C=O) groups excluding carboxylic acids is 1. The van der Waals surface area contributed by atoms with Gasteiger partial charge in [0.15, 0.2) is 0 Å². The van der Waals surface area contributed by atoms with E-state index in [1.54, 1.807) is 36.4 Å². The topological polar surface area (TPSA) is 75.3 Å². The fourth-order valence-electron chi connectivity index (χ4n) is 2.23. The molecule has 0 unspecified atom stereocenters. The minimum Gasteiger partial charge on any atom is -0.277 e. The lowest BCUT2D eigenvalue weighted by Crippen LogP contribution is -2.42. The SMILES string of the molecule is O=C(CSc1ccc(Cl)cc1)NNS(=O)(=O)c1ccc2ccccc2c1. The summed E-state index contributed by atoms with van der Waals surface area (Å²) in [6.07, 6.45) is 0. The molecule has 0 heterocycles. The van der Waals surface area contributed by atoms with Crippen molar-refractivity contribution in [3.05, 3.63) is 71.8 Å². The Kier molecular flexibility index (Phi) is 5.83. The summed E-state index contributed by atoms with van der Waals surface area (Å²) in [6, 6.07) is 19.3. The summed E-state index contributed by atoms with van der Waals surface area (Å²) in [7, 11) is -3.84. The van der Waals surface area contributed by atoms with E-state index in [2.05, 4.69) is 10.3 Å². The average Bonchev–Trinajstić information content (AvgIpc) is 2.65. The van der Waals surface area contributed by atoms with E-state index in [0.717, 1.165) is 15.7 Å². The molecule has 26 heavy (non-hydrogen) atoms. The number of rotatable bonds is 6. The van der Waals surface area contributed by atoms with Crippen LogP contribution in [0.5, 0.6) is 0 Å². The number of sulfonamides is 1. The predicted molar refractivity (Wildman–Crippen MR) is 105 cm³/mol. The smallest absolute Gasteiger partial charge is 0.257 e. The van der Waals surface area contributed by atoms with Gasteiger partial charge >= 0.3 is 0 Å². The molecule has 3 rings (SSSR count). The van der Waals surface area contributed by atoms with Crippen LogP contribution in [0.4, 0.5) is 0 Å². The summed E-state index contributed by atoms with van der Waals surface area (Å²) in [4.78, 5) is 15.0. The van der Waals surface area contributed by atoms with Gasteiger partial charge in [-0.1, -0.05) is 41.9 Å². The van der Waals surface area contributed by atoms with Gasteiger partial charge in [0, 0.05) is 9.92 Å². The monoisotopic (exact) mass is 406 g/mol. The van der Waals surface area contributed by atoms with Crippen LogP contribution in [0.1, 0.15) is 0 Å². The Balaban J connectivity index is 1.59. The van der Waals surface area contributed by atoms with Gasteiger partial charge in [-0.2, -0.15) is 0 Å². The molecule has 0 fully saturated rings. The van der Waals surface area contributed by atoms with Gasteiger partial charge in [0.1, 0.15) is 0 Å². The lowest BCUT2D eigenvalue weighted by Gasteiger charge is -2.09. The third-order valence-corrected chi connectivity index (χ3v) is 6.05. The van der Waals surface area contributed by atoms with E-state index in [0.29, 0.717) is 5.02 Å². The Morgan fingerprint density at radius 1 is 0.962 bits per heavy atom. The van der Waals surface area contributed by atoms with E-state index < -0.39 is 15.9 Å². The maximum Gasteiger partial charge on any atom is 0.257 e. The minimum atomic E-state index is -3.84. The second kappa shape index (κ2) is 8.09. The molecule has 134 valence electrons. The molecular weight excluding hydrogens is 392 g/mol. The van der Waals surface area contributed by atoms with Crippen molar-refractivity contribution < 1.29 is 13.2 Å². The highest BCUT2D eigenvalue weighted by Crippen LogP contribution is 2.20. The van der Waals surface area contributed by atoms with Crippen LogP contribution in [0.25, 0.3) is 10.8 Å². The minimum absolute atomic E-state index is 0.0713. The normalized spacial score (nSPS) is 11.4. The zero-order valence-electron chi connectivity index (χ0n) is 13.5. The largest absolute Gasteiger partial charge is 0.277 e. The molecule has 3 aromatic carbocycles. The Hall–Kier alpha value is -2.06. The highest BCUT2D eigenvalue weighted by atomic mass is 35.5.